The average Bonchev–Trinajstić information content (AvgIpc) is 2.69. The van der Waals surface area contributed by atoms with Crippen molar-refractivity contribution >= 4 is 33.7 Å². The van der Waals surface area contributed by atoms with E-state index in [4.69, 9.17) is 11.6 Å². The van der Waals surface area contributed by atoms with Crippen LogP contribution in [0.5, 0.6) is 0 Å². The van der Waals surface area contributed by atoms with E-state index < -0.39 is 0 Å². The first kappa shape index (κ1) is 18.6. The van der Waals surface area contributed by atoms with E-state index in [9.17, 15) is 0 Å². The second-order valence-electron chi connectivity index (χ2n) is 6.40. The van der Waals surface area contributed by atoms with Gasteiger partial charge in [0, 0.05) is 36.4 Å². The first-order valence-corrected chi connectivity index (χ1v) is 9.87. The lowest BCUT2D eigenvalue weighted by Gasteiger charge is -2.22. The Morgan fingerprint density at radius 2 is 1.50 bits per heavy atom. The number of hydrogen-bond donors (Lipinski definition) is 1. The minimum atomic E-state index is -0.165. The van der Waals surface area contributed by atoms with Gasteiger partial charge >= 0.3 is 0 Å². The predicted octanol–water partition coefficient (Wildman–Crippen LogP) is 6.45. The summed E-state index contributed by atoms with van der Waals surface area (Å²) in [6, 6.07) is 21.4. The Hall–Kier alpha value is -2.19. The number of alkyl halides is 1. The summed E-state index contributed by atoms with van der Waals surface area (Å²) in [5.41, 5.74) is 4.69. The molecular weight excluding hydrogens is 340 g/mol. The molecule has 0 aliphatic carbocycles. The molecule has 0 aromatic heterocycles. The van der Waals surface area contributed by atoms with Gasteiger partial charge in [-0.1, -0.05) is 42.5 Å². The third-order valence-corrected chi connectivity index (χ3v) is 5.40. The molecule has 3 aromatic rings. The molecule has 136 valence electrons. The Kier molecular flexibility index (Phi) is 6.05. The summed E-state index contributed by atoms with van der Waals surface area (Å²) in [5, 5.41) is 5.70. The van der Waals surface area contributed by atoms with Crippen molar-refractivity contribution in [1.82, 2.24) is 0 Å². The number of benzene rings is 3. The van der Waals surface area contributed by atoms with E-state index in [-0.39, 0.29) is 5.38 Å². The SMILES string of the molecule is CCNc1ccc(C(Cl)c2ccc(N(CC)CC)cc2)c2ccccc12. The van der Waals surface area contributed by atoms with E-state index in [2.05, 4.69) is 91.7 Å². The van der Waals surface area contributed by atoms with E-state index >= 15 is 0 Å². The molecule has 3 heteroatoms. The monoisotopic (exact) mass is 366 g/mol. The molecule has 0 radical (unpaired) electrons. The van der Waals surface area contributed by atoms with E-state index in [1.165, 1.54) is 16.5 Å². The van der Waals surface area contributed by atoms with Crippen LogP contribution >= 0.6 is 11.6 Å². The highest BCUT2D eigenvalue weighted by Crippen LogP contribution is 2.37. The second kappa shape index (κ2) is 8.46. The van der Waals surface area contributed by atoms with Crippen molar-refractivity contribution in [2.45, 2.75) is 26.1 Å². The summed E-state index contributed by atoms with van der Waals surface area (Å²) in [4.78, 5) is 2.34. The van der Waals surface area contributed by atoms with Crippen LogP contribution in [0.25, 0.3) is 10.8 Å². The number of nitrogens with one attached hydrogen (secondary N) is 1. The lowest BCUT2D eigenvalue weighted by Crippen LogP contribution is -2.21. The maximum atomic E-state index is 6.91. The Morgan fingerprint density at radius 1 is 0.846 bits per heavy atom. The standard InChI is InChI=1S/C23H27ClN2/c1-4-25-22-16-15-21(19-9-7-8-10-20(19)22)23(24)17-11-13-18(14-12-17)26(5-2)6-3/h7-16,23,25H,4-6H2,1-3H3. The van der Waals surface area contributed by atoms with E-state index in [1.54, 1.807) is 0 Å². The highest BCUT2D eigenvalue weighted by Gasteiger charge is 2.15. The van der Waals surface area contributed by atoms with Gasteiger partial charge < -0.3 is 10.2 Å². The Morgan fingerprint density at radius 3 is 2.12 bits per heavy atom. The number of hydrogen-bond acceptors (Lipinski definition) is 2. The maximum Gasteiger partial charge on any atom is 0.0841 e. The van der Waals surface area contributed by atoms with Crippen molar-refractivity contribution in [3.05, 3.63) is 71.8 Å². The molecule has 2 nitrogen and oxygen atoms in total. The molecule has 0 fully saturated rings. The maximum absolute atomic E-state index is 6.91. The molecule has 0 aliphatic heterocycles. The Labute approximate surface area is 161 Å². The second-order valence-corrected chi connectivity index (χ2v) is 6.84. The summed E-state index contributed by atoms with van der Waals surface area (Å²) in [6.45, 7) is 9.40. The van der Waals surface area contributed by atoms with Crippen LogP contribution in [0.3, 0.4) is 0 Å². The van der Waals surface area contributed by atoms with Crippen LogP contribution < -0.4 is 10.2 Å². The van der Waals surface area contributed by atoms with Gasteiger partial charge in [-0.3, -0.25) is 0 Å². The molecule has 1 N–H and O–H groups in total. The van der Waals surface area contributed by atoms with Gasteiger partial charge in [-0.15, -0.1) is 11.6 Å². The molecule has 0 bridgehead atoms. The average molecular weight is 367 g/mol. The van der Waals surface area contributed by atoms with Crippen LogP contribution in [0.2, 0.25) is 0 Å². The van der Waals surface area contributed by atoms with Gasteiger partial charge in [0.05, 0.1) is 5.38 Å². The molecule has 0 heterocycles. The highest BCUT2D eigenvalue weighted by molar-refractivity contribution is 6.23. The normalized spacial score (nSPS) is 12.2. The van der Waals surface area contributed by atoms with E-state index in [0.29, 0.717) is 0 Å². The van der Waals surface area contributed by atoms with Gasteiger partial charge in [-0.25, -0.2) is 0 Å². The molecule has 0 amide bonds. The summed E-state index contributed by atoms with van der Waals surface area (Å²) >= 11 is 6.91. The lowest BCUT2D eigenvalue weighted by atomic mass is 9.96. The van der Waals surface area contributed by atoms with Crippen LogP contribution in [0.15, 0.2) is 60.7 Å². The molecule has 26 heavy (non-hydrogen) atoms. The van der Waals surface area contributed by atoms with E-state index in [1.807, 2.05) is 0 Å². The minimum Gasteiger partial charge on any atom is -0.385 e. The summed E-state index contributed by atoms with van der Waals surface area (Å²) in [6.07, 6.45) is 0. The molecule has 3 aromatic carbocycles. The molecule has 3 rings (SSSR count). The van der Waals surface area contributed by atoms with Crippen LogP contribution in [0.1, 0.15) is 37.3 Å². The van der Waals surface area contributed by atoms with Crippen LogP contribution in [0.4, 0.5) is 11.4 Å². The van der Waals surface area contributed by atoms with Crippen LogP contribution in [0, 0.1) is 0 Å². The summed E-state index contributed by atoms with van der Waals surface area (Å²) in [7, 11) is 0. The summed E-state index contributed by atoms with van der Waals surface area (Å²) < 4.78 is 0. The van der Waals surface area contributed by atoms with Crippen molar-refractivity contribution in [3.63, 3.8) is 0 Å². The van der Waals surface area contributed by atoms with Crippen molar-refractivity contribution in [1.29, 1.82) is 0 Å². The van der Waals surface area contributed by atoms with Gasteiger partial charge in [0.1, 0.15) is 0 Å². The van der Waals surface area contributed by atoms with Gasteiger partial charge in [0.15, 0.2) is 0 Å². The van der Waals surface area contributed by atoms with Gasteiger partial charge in [0.25, 0.3) is 0 Å². The fourth-order valence-electron chi connectivity index (χ4n) is 3.51. The van der Waals surface area contributed by atoms with Crippen molar-refractivity contribution < 1.29 is 0 Å². The fourth-order valence-corrected chi connectivity index (χ4v) is 3.85. The zero-order valence-corrected chi connectivity index (χ0v) is 16.6. The van der Waals surface area contributed by atoms with Gasteiger partial charge in [-0.2, -0.15) is 0 Å². The third-order valence-electron chi connectivity index (χ3n) is 4.91. The lowest BCUT2D eigenvalue weighted by molar-refractivity contribution is 0.865. The quantitative estimate of drug-likeness (QED) is 0.483. The minimum absolute atomic E-state index is 0.165. The number of nitrogens with zero attached hydrogens (tertiary/aromatic N) is 1. The van der Waals surface area contributed by atoms with Crippen molar-refractivity contribution in [2.24, 2.45) is 0 Å². The Balaban J connectivity index is 1.97. The van der Waals surface area contributed by atoms with Crippen LogP contribution in [-0.2, 0) is 0 Å². The molecule has 1 unspecified atom stereocenters. The fraction of sp³-hybridized carbons (Fsp3) is 0.304. The highest BCUT2D eigenvalue weighted by atomic mass is 35.5. The predicted molar refractivity (Wildman–Crippen MR) is 116 cm³/mol. The first-order valence-electron chi connectivity index (χ1n) is 9.44. The molecular formula is C23H27ClN2. The molecule has 0 saturated carbocycles. The molecule has 0 aliphatic rings. The number of anilines is 2. The number of halogens is 1. The number of fused-ring (bicyclic) bond motifs is 1. The van der Waals surface area contributed by atoms with Crippen molar-refractivity contribution in [2.75, 3.05) is 29.9 Å². The zero-order valence-electron chi connectivity index (χ0n) is 15.8. The van der Waals surface area contributed by atoms with Gasteiger partial charge in [-0.05, 0) is 55.5 Å². The topological polar surface area (TPSA) is 15.3 Å². The smallest absolute Gasteiger partial charge is 0.0841 e. The van der Waals surface area contributed by atoms with E-state index in [0.717, 1.165) is 36.4 Å². The third kappa shape index (κ3) is 3.66. The molecule has 0 spiro atoms. The Bertz CT molecular complexity index is 854. The first-order chi connectivity index (χ1) is 12.7. The number of rotatable bonds is 7. The zero-order chi connectivity index (χ0) is 18.5. The molecule has 1 atom stereocenters. The van der Waals surface area contributed by atoms with Crippen LogP contribution in [-0.4, -0.2) is 19.6 Å². The summed E-state index contributed by atoms with van der Waals surface area (Å²) in [5.74, 6) is 0. The van der Waals surface area contributed by atoms with Crippen molar-refractivity contribution in [3.8, 4) is 0 Å². The molecule has 0 saturated heterocycles. The largest absolute Gasteiger partial charge is 0.385 e. The van der Waals surface area contributed by atoms with Gasteiger partial charge in [0.2, 0.25) is 0 Å².